The Morgan fingerprint density at radius 2 is 0.885 bits per heavy atom. The summed E-state index contributed by atoms with van der Waals surface area (Å²) in [5, 5.41) is 1.80. The highest BCUT2D eigenvalue weighted by Gasteiger charge is 2.50. The molecule has 1 fully saturated rings. The Kier molecular flexibility index (Phi) is 6.74. The Bertz CT molecular complexity index is 3260. The van der Waals surface area contributed by atoms with E-state index in [1.165, 1.54) is 47.5 Å². The zero-order chi connectivity index (χ0) is 41.6. The second-order valence-corrected chi connectivity index (χ2v) is 19.9. The molecular formula is C52H41B2F4N3. The fraction of sp³-hybridized carbons (Fsp3) is 0.231. The van der Waals surface area contributed by atoms with Gasteiger partial charge < -0.3 is 0 Å². The van der Waals surface area contributed by atoms with E-state index in [2.05, 4.69) is 96.5 Å². The molecule has 3 nitrogen and oxygen atoms in total. The quantitative estimate of drug-likeness (QED) is 0.123. The first-order valence-corrected chi connectivity index (χ1v) is 21.6. The highest BCUT2D eigenvalue weighted by molar-refractivity contribution is 7.03. The van der Waals surface area contributed by atoms with Gasteiger partial charge in [-0.25, -0.2) is 17.6 Å². The van der Waals surface area contributed by atoms with Gasteiger partial charge >= 0.3 is 0 Å². The van der Waals surface area contributed by atoms with E-state index in [-0.39, 0.29) is 21.8 Å². The lowest BCUT2D eigenvalue weighted by Gasteiger charge is -2.52. The van der Waals surface area contributed by atoms with Crippen molar-refractivity contribution in [2.24, 2.45) is 0 Å². The standard InChI is InChI=1S/C52H41B2F4N3/c1-50(2,3)28-24-33-47-34(25-28)54(46-37(57)16-11-17-38(46)58)44-30-13-7-9-19-40(30)60-42-27-32-31(51(4)20-22-52(32,5)23-21-51)26-41(42)59-39-18-8-6-12-29(39)43(48(59)61(47)49(44)60)53(33)45-35(55)14-10-15-36(45)56/h6-19,24-27H,20-23H2,1-5H3. The van der Waals surface area contributed by atoms with Gasteiger partial charge in [0.2, 0.25) is 0 Å². The normalized spacial score (nSPS) is 20.0. The summed E-state index contributed by atoms with van der Waals surface area (Å²) < 4.78 is 74.2. The van der Waals surface area contributed by atoms with Gasteiger partial charge in [0.25, 0.3) is 13.4 Å². The second-order valence-electron chi connectivity index (χ2n) is 19.9. The first-order chi connectivity index (χ1) is 29.3. The van der Waals surface area contributed by atoms with E-state index in [0.29, 0.717) is 16.6 Å². The van der Waals surface area contributed by atoms with Gasteiger partial charge in [-0.3, -0.25) is 13.4 Å². The van der Waals surface area contributed by atoms with Crippen molar-refractivity contribution in [3.05, 3.63) is 149 Å². The summed E-state index contributed by atoms with van der Waals surface area (Å²) in [6.45, 7) is 9.35. The summed E-state index contributed by atoms with van der Waals surface area (Å²) in [5.74, 6) is -2.56. The van der Waals surface area contributed by atoms with Crippen molar-refractivity contribution in [2.45, 2.75) is 76.5 Å². The molecule has 5 aliphatic rings. The molecule has 298 valence electrons. The number of benzene rings is 6. The van der Waals surface area contributed by atoms with Gasteiger partial charge in [-0.05, 0) is 140 Å². The molecule has 3 aliphatic carbocycles. The number of hydrogen-bond acceptors (Lipinski definition) is 0. The third-order valence-electron chi connectivity index (χ3n) is 15.6. The smallest absolute Gasteiger partial charge is 0.257 e. The molecule has 0 radical (unpaired) electrons. The maximum Gasteiger partial charge on any atom is 0.257 e. The average molecular weight is 806 g/mol. The summed E-state index contributed by atoms with van der Waals surface area (Å²) in [6.07, 6.45) is 4.41. The molecule has 0 N–H and O–H groups in total. The number of aromatic nitrogens is 3. The first-order valence-electron chi connectivity index (χ1n) is 21.6. The molecule has 61 heavy (non-hydrogen) atoms. The highest BCUT2D eigenvalue weighted by atomic mass is 19.1. The summed E-state index contributed by atoms with van der Waals surface area (Å²) in [5.41, 5.74) is 12.2. The molecule has 5 heterocycles. The molecule has 0 amide bonds. The third kappa shape index (κ3) is 4.32. The third-order valence-corrected chi connectivity index (χ3v) is 15.6. The summed E-state index contributed by atoms with van der Waals surface area (Å²) in [6, 6.07) is 33.7. The highest BCUT2D eigenvalue weighted by Crippen LogP contribution is 2.57. The van der Waals surface area contributed by atoms with Crippen LogP contribution in [0.25, 0.3) is 49.8 Å². The summed E-state index contributed by atoms with van der Waals surface area (Å²) in [4.78, 5) is 0. The van der Waals surface area contributed by atoms with E-state index in [1.807, 2.05) is 24.3 Å². The monoisotopic (exact) mass is 805 g/mol. The Labute approximate surface area is 351 Å². The maximum atomic E-state index is 16.8. The fourth-order valence-corrected chi connectivity index (χ4v) is 12.4. The topological polar surface area (TPSA) is 13.8 Å². The molecule has 2 bridgehead atoms. The van der Waals surface area contributed by atoms with Gasteiger partial charge in [-0.2, -0.15) is 0 Å². The van der Waals surface area contributed by atoms with Gasteiger partial charge in [-0.15, -0.1) is 0 Å². The SMILES string of the molecule is CC(C)(C)c1cc2c3c(c1)B(c1c(F)cccc1F)c1c4ccccc4n4c5cc6c(cc5n5c7ccccc7c(c5n-3c14)B2c1c(F)cccc1F)C1(C)CCC6(C)CC1. The molecule has 0 spiro atoms. The van der Waals surface area contributed by atoms with Crippen molar-refractivity contribution in [1.29, 1.82) is 0 Å². The Balaban J connectivity index is 1.39. The fourth-order valence-electron chi connectivity index (χ4n) is 12.4. The second kappa shape index (κ2) is 11.5. The molecule has 14 rings (SSSR count). The number of para-hydroxylation sites is 2. The zero-order valence-electron chi connectivity index (χ0n) is 34.7. The summed E-state index contributed by atoms with van der Waals surface area (Å²) >= 11 is 0. The lowest BCUT2D eigenvalue weighted by Crippen LogP contribution is -2.65. The minimum Gasteiger partial charge on any atom is -0.294 e. The molecule has 1 saturated carbocycles. The van der Waals surface area contributed by atoms with Crippen molar-refractivity contribution in [3.63, 3.8) is 0 Å². The lowest BCUT2D eigenvalue weighted by atomic mass is 9.31. The van der Waals surface area contributed by atoms with Crippen LogP contribution in [0.5, 0.6) is 0 Å². The van der Waals surface area contributed by atoms with Crippen molar-refractivity contribution in [1.82, 2.24) is 13.4 Å². The molecule has 0 atom stereocenters. The molecule has 6 aromatic carbocycles. The predicted octanol–water partition coefficient (Wildman–Crippen LogP) is 8.62. The summed E-state index contributed by atoms with van der Waals surface area (Å²) in [7, 11) is 0. The molecular weight excluding hydrogens is 764 g/mol. The number of fused-ring (bicyclic) bond motifs is 11. The van der Waals surface area contributed by atoms with Crippen molar-refractivity contribution in [2.75, 3.05) is 0 Å². The van der Waals surface area contributed by atoms with Crippen LogP contribution >= 0.6 is 0 Å². The molecule has 9 aromatic rings. The Morgan fingerprint density at radius 1 is 0.492 bits per heavy atom. The number of nitrogens with zero attached hydrogens (tertiary/aromatic N) is 3. The van der Waals surface area contributed by atoms with E-state index in [0.717, 1.165) is 86.3 Å². The number of hydrogen-bond donors (Lipinski definition) is 0. The van der Waals surface area contributed by atoms with E-state index < -0.39 is 42.1 Å². The molecule has 0 saturated heterocycles. The van der Waals surface area contributed by atoms with Crippen LogP contribution in [0.4, 0.5) is 17.6 Å². The van der Waals surface area contributed by atoms with Crippen LogP contribution in [0.2, 0.25) is 0 Å². The van der Waals surface area contributed by atoms with Crippen LogP contribution in [0, 0.1) is 23.3 Å². The van der Waals surface area contributed by atoms with E-state index in [9.17, 15) is 0 Å². The zero-order valence-corrected chi connectivity index (χ0v) is 34.7. The maximum absolute atomic E-state index is 16.8. The van der Waals surface area contributed by atoms with Gasteiger partial charge in [0.15, 0.2) is 0 Å². The van der Waals surface area contributed by atoms with Crippen molar-refractivity contribution in [3.8, 4) is 5.69 Å². The van der Waals surface area contributed by atoms with Crippen molar-refractivity contribution < 1.29 is 17.6 Å². The largest absolute Gasteiger partial charge is 0.294 e. The predicted molar refractivity (Wildman–Crippen MR) is 243 cm³/mol. The number of rotatable bonds is 2. The van der Waals surface area contributed by atoms with Crippen LogP contribution < -0.4 is 32.8 Å². The molecule has 2 aliphatic heterocycles. The van der Waals surface area contributed by atoms with Crippen LogP contribution in [-0.2, 0) is 16.2 Å². The van der Waals surface area contributed by atoms with Crippen LogP contribution in [-0.4, -0.2) is 26.8 Å². The van der Waals surface area contributed by atoms with Gasteiger partial charge in [-0.1, -0.05) is 95.3 Å². The lowest BCUT2D eigenvalue weighted by molar-refractivity contribution is 0.188. The van der Waals surface area contributed by atoms with E-state index in [1.54, 1.807) is 0 Å². The van der Waals surface area contributed by atoms with Gasteiger partial charge in [0.05, 0.1) is 22.1 Å². The minimum atomic E-state index is -0.897. The minimum absolute atomic E-state index is 0.00669. The van der Waals surface area contributed by atoms with E-state index >= 15 is 17.6 Å². The van der Waals surface area contributed by atoms with Gasteiger partial charge in [0, 0.05) is 16.6 Å². The Morgan fingerprint density at radius 3 is 1.28 bits per heavy atom. The number of halogens is 4. The van der Waals surface area contributed by atoms with Crippen molar-refractivity contribution >= 4 is 90.3 Å². The first kappa shape index (κ1) is 35.8. The van der Waals surface area contributed by atoms with Crippen LogP contribution in [0.1, 0.15) is 77.0 Å². The van der Waals surface area contributed by atoms with Crippen LogP contribution in [0.15, 0.2) is 109 Å². The van der Waals surface area contributed by atoms with E-state index in [4.69, 9.17) is 0 Å². The Hall–Kier alpha value is -5.95. The van der Waals surface area contributed by atoms with Gasteiger partial charge in [0.1, 0.15) is 34.6 Å². The molecule has 3 aromatic heterocycles. The average Bonchev–Trinajstić information content (AvgIpc) is 3.71. The molecule has 0 unspecified atom stereocenters. The molecule has 9 heteroatoms. The van der Waals surface area contributed by atoms with Crippen LogP contribution in [0.3, 0.4) is 0 Å².